The van der Waals surface area contributed by atoms with Crippen LogP contribution >= 0.6 is 0 Å². The number of nitrogens with zero attached hydrogens (tertiary/aromatic N) is 4. The summed E-state index contributed by atoms with van der Waals surface area (Å²) in [4.78, 5) is 8.73. The molecule has 1 fully saturated rings. The lowest BCUT2D eigenvalue weighted by molar-refractivity contribution is 0.0782. The lowest BCUT2D eigenvalue weighted by atomic mass is 9.82. The summed E-state index contributed by atoms with van der Waals surface area (Å²) in [5, 5.41) is 8.58. The number of hydrogen-bond donors (Lipinski definition) is 1. The van der Waals surface area contributed by atoms with Gasteiger partial charge in [0.25, 0.3) is 0 Å². The summed E-state index contributed by atoms with van der Waals surface area (Å²) < 4.78 is 15.9. The van der Waals surface area contributed by atoms with Crippen molar-refractivity contribution in [1.82, 2.24) is 19.6 Å². The Bertz CT molecular complexity index is 1100. The number of alkyl halides is 1. The number of anilines is 1. The van der Waals surface area contributed by atoms with Crippen molar-refractivity contribution in [2.45, 2.75) is 24.9 Å². The highest BCUT2D eigenvalue weighted by molar-refractivity contribution is 5.88. The highest BCUT2D eigenvalue weighted by atomic mass is 19.1. The molecule has 3 heterocycles. The molecule has 6 heteroatoms. The van der Waals surface area contributed by atoms with E-state index in [2.05, 4.69) is 38.6 Å². The first-order chi connectivity index (χ1) is 12.7. The Morgan fingerprint density at radius 3 is 2.92 bits per heavy atom. The van der Waals surface area contributed by atoms with Gasteiger partial charge in [0.2, 0.25) is 5.95 Å². The third kappa shape index (κ3) is 2.58. The number of halogens is 1. The largest absolute Gasteiger partial charge is 0.350 e. The molecule has 0 saturated heterocycles. The number of pyridine rings is 1. The van der Waals surface area contributed by atoms with E-state index in [1.54, 1.807) is 16.9 Å². The van der Waals surface area contributed by atoms with Gasteiger partial charge in [-0.1, -0.05) is 12.1 Å². The van der Waals surface area contributed by atoms with Crippen LogP contribution in [0.15, 0.2) is 55.0 Å². The SMILES string of the molecule is FC1(CNc2ncc3c(-c4ccc5ncccc5c4)ccn3n2)CCC1. The summed E-state index contributed by atoms with van der Waals surface area (Å²) >= 11 is 0. The molecule has 1 saturated carbocycles. The molecule has 26 heavy (non-hydrogen) atoms. The van der Waals surface area contributed by atoms with Gasteiger partial charge in [0.1, 0.15) is 5.67 Å². The van der Waals surface area contributed by atoms with Gasteiger partial charge >= 0.3 is 0 Å². The van der Waals surface area contributed by atoms with Crippen LogP contribution in [0.25, 0.3) is 27.5 Å². The minimum absolute atomic E-state index is 0.268. The summed E-state index contributed by atoms with van der Waals surface area (Å²) in [6, 6.07) is 12.2. The number of hydrogen-bond acceptors (Lipinski definition) is 4. The van der Waals surface area contributed by atoms with E-state index in [1.165, 1.54) is 0 Å². The van der Waals surface area contributed by atoms with Gasteiger partial charge in [-0.2, -0.15) is 0 Å². The second-order valence-corrected chi connectivity index (χ2v) is 6.91. The molecule has 0 unspecified atom stereocenters. The molecule has 0 atom stereocenters. The van der Waals surface area contributed by atoms with Crippen molar-refractivity contribution >= 4 is 22.4 Å². The van der Waals surface area contributed by atoms with Crippen LogP contribution in [0.5, 0.6) is 0 Å². The van der Waals surface area contributed by atoms with E-state index < -0.39 is 5.67 Å². The third-order valence-electron chi connectivity index (χ3n) is 5.14. The molecular weight excluding hydrogens is 329 g/mol. The Balaban J connectivity index is 1.46. The molecule has 0 amide bonds. The standard InChI is InChI=1S/C20H18FN5/c21-20(7-2-8-20)13-24-19-23-12-18-16(6-10-26(18)25-19)14-4-5-17-15(11-14)3-1-9-22-17/h1,3-6,9-12H,2,7-8,13H2,(H,24,25). The molecule has 1 aliphatic rings. The minimum atomic E-state index is -1.10. The summed E-state index contributed by atoms with van der Waals surface area (Å²) in [5.74, 6) is 0.450. The number of fused-ring (bicyclic) bond motifs is 2. The Morgan fingerprint density at radius 1 is 1.15 bits per heavy atom. The van der Waals surface area contributed by atoms with Crippen molar-refractivity contribution in [1.29, 1.82) is 0 Å². The fourth-order valence-electron chi connectivity index (χ4n) is 3.44. The van der Waals surface area contributed by atoms with Crippen molar-refractivity contribution < 1.29 is 4.39 Å². The van der Waals surface area contributed by atoms with Crippen LogP contribution in [-0.4, -0.2) is 31.8 Å². The number of benzene rings is 1. The van der Waals surface area contributed by atoms with E-state index in [4.69, 9.17) is 0 Å². The molecule has 0 radical (unpaired) electrons. The quantitative estimate of drug-likeness (QED) is 0.600. The van der Waals surface area contributed by atoms with Gasteiger partial charge in [-0.25, -0.2) is 13.9 Å². The predicted molar refractivity (Wildman–Crippen MR) is 99.9 cm³/mol. The molecule has 5 rings (SSSR count). The molecule has 5 nitrogen and oxygen atoms in total. The third-order valence-corrected chi connectivity index (χ3v) is 5.14. The second kappa shape index (κ2) is 5.76. The first-order valence-electron chi connectivity index (χ1n) is 8.83. The van der Waals surface area contributed by atoms with Crippen molar-refractivity contribution in [3.63, 3.8) is 0 Å². The lowest BCUT2D eigenvalue weighted by Gasteiger charge is -2.33. The molecule has 0 spiro atoms. The Kier molecular flexibility index (Phi) is 3.38. The van der Waals surface area contributed by atoms with E-state index in [-0.39, 0.29) is 6.54 Å². The maximum Gasteiger partial charge on any atom is 0.241 e. The van der Waals surface area contributed by atoms with Gasteiger partial charge in [-0.15, -0.1) is 5.10 Å². The van der Waals surface area contributed by atoms with Crippen molar-refractivity contribution in [3.05, 3.63) is 55.0 Å². The Morgan fingerprint density at radius 2 is 2.08 bits per heavy atom. The summed E-state index contributed by atoms with van der Waals surface area (Å²) in [6.45, 7) is 0.268. The zero-order valence-corrected chi connectivity index (χ0v) is 14.2. The number of rotatable bonds is 4. The van der Waals surface area contributed by atoms with Crippen LogP contribution in [0.4, 0.5) is 10.3 Å². The molecule has 1 aliphatic carbocycles. The van der Waals surface area contributed by atoms with Crippen LogP contribution < -0.4 is 5.32 Å². The molecular formula is C20H18FN5. The van der Waals surface area contributed by atoms with Crippen molar-refractivity contribution in [2.24, 2.45) is 0 Å². The lowest BCUT2D eigenvalue weighted by Crippen LogP contribution is -2.39. The highest BCUT2D eigenvalue weighted by Gasteiger charge is 2.36. The smallest absolute Gasteiger partial charge is 0.241 e. The van der Waals surface area contributed by atoms with Crippen molar-refractivity contribution in [2.75, 3.05) is 11.9 Å². The molecule has 1 aromatic carbocycles. The zero-order chi connectivity index (χ0) is 17.6. The maximum atomic E-state index is 14.1. The fourth-order valence-corrected chi connectivity index (χ4v) is 3.44. The van der Waals surface area contributed by atoms with E-state index in [1.807, 2.05) is 24.4 Å². The molecule has 0 aliphatic heterocycles. The molecule has 4 aromatic rings. The predicted octanol–water partition coefficient (Wildman–Crippen LogP) is 4.25. The number of aromatic nitrogens is 4. The molecule has 3 aromatic heterocycles. The van der Waals surface area contributed by atoms with Crippen LogP contribution in [0.1, 0.15) is 19.3 Å². The van der Waals surface area contributed by atoms with E-state index in [0.717, 1.165) is 34.0 Å². The summed E-state index contributed by atoms with van der Waals surface area (Å²) in [5.41, 5.74) is 2.94. The molecule has 0 bridgehead atoms. The van der Waals surface area contributed by atoms with E-state index >= 15 is 0 Å². The second-order valence-electron chi connectivity index (χ2n) is 6.91. The monoisotopic (exact) mass is 347 g/mol. The highest BCUT2D eigenvalue weighted by Crippen LogP contribution is 2.35. The Hall–Kier alpha value is -3.02. The minimum Gasteiger partial charge on any atom is -0.350 e. The van der Waals surface area contributed by atoms with Crippen LogP contribution in [0.2, 0.25) is 0 Å². The van der Waals surface area contributed by atoms with Crippen molar-refractivity contribution in [3.8, 4) is 11.1 Å². The van der Waals surface area contributed by atoms with Crippen LogP contribution in [0.3, 0.4) is 0 Å². The van der Waals surface area contributed by atoms with Gasteiger partial charge in [-0.3, -0.25) is 4.98 Å². The van der Waals surface area contributed by atoms with E-state index in [9.17, 15) is 4.39 Å². The van der Waals surface area contributed by atoms with Gasteiger partial charge in [0, 0.05) is 23.3 Å². The van der Waals surface area contributed by atoms with Crippen LogP contribution in [-0.2, 0) is 0 Å². The first kappa shape index (κ1) is 15.3. The fraction of sp³-hybridized carbons (Fsp3) is 0.250. The summed E-state index contributed by atoms with van der Waals surface area (Å²) in [6.07, 6.45) is 7.67. The van der Waals surface area contributed by atoms with Gasteiger partial charge in [0.05, 0.1) is 23.8 Å². The number of nitrogens with one attached hydrogen (secondary N) is 1. The average molecular weight is 347 g/mol. The van der Waals surface area contributed by atoms with Gasteiger partial charge < -0.3 is 5.32 Å². The topological polar surface area (TPSA) is 55.1 Å². The normalized spacial score (nSPS) is 15.9. The van der Waals surface area contributed by atoms with Crippen LogP contribution in [0, 0.1) is 0 Å². The summed E-state index contributed by atoms with van der Waals surface area (Å²) in [7, 11) is 0. The molecule has 130 valence electrons. The average Bonchev–Trinajstić information content (AvgIpc) is 3.07. The zero-order valence-electron chi connectivity index (χ0n) is 14.2. The van der Waals surface area contributed by atoms with Gasteiger partial charge in [-0.05, 0) is 49.1 Å². The first-order valence-corrected chi connectivity index (χ1v) is 8.83. The molecule has 1 N–H and O–H groups in total. The van der Waals surface area contributed by atoms with Gasteiger partial charge in [0.15, 0.2) is 0 Å². The maximum absolute atomic E-state index is 14.1. The Labute approximate surface area is 149 Å². The van der Waals surface area contributed by atoms with E-state index in [0.29, 0.717) is 18.8 Å².